The lowest BCUT2D eigenvalue weighted by atomic mass is 10.00. The maximum atomic E-state index is 11.9. The normalized spacial score (nSPS) is 16.7. The number of carbonyl (C=O) groups is 1. The first-order valence-electron chi connectivity index (χ1n) is 6.15. The molecule has 2 heterocycles. The van der Waals surface area contributed by atoms with Crippen molar-refractivity contribution in [3.05, 3.63) is 23.2 Å². The minimum atomic E-state index is -0.0522. The van der Waals surface area contributed by atoms with E-state index >= 15 is 0 Å². The summed E-state index contributed by atoms with van der Waals surface area (Å²) in [5, 5.41) is 3.16. The predicted molar refractivity (Wildman–Crippen MR) is 69.2 cm³/mol. The van der Waals surface area contributed by atoms with Crippen LogP contribution in [0.15, 0.2) is 12.4 Å². The number of carbonyl (C=O) groups excluding carboxylic acids is 1. The average Bonchev–Trinajstić information content (AvgIpc) is 2.38. The van der Waals surface area contributed by atoms with Gasteiger partial charge < -0.3 is 10.2 Å². The van der Waals surface area contributed by atoms with Crippen LogP contribution in [0.2, 0.25) is 5.15 Å². The molecule has 2 amide bonds. The Labute approximate surface area is 112 Å². The summed E-state index contributed by atoms with van der Waals surface area (Å²) < 4.78 is 0. The Balaban J connectivity index is 1.83. The average molecular weight is 269 g/mol. The first-order valence-corrected chi connectivity index (χ1v) is 6.53. The van der Waals surface area contributed by atoms with Gasteiger partial charge in [0.15, 0.2) is 5.15 Å². The van der Waals surface area contributed by atoms with Crippen LogP contribution in [0.25, 0.3) is 0 Å². The maximum Gasteiger partial charge on any atom is 0.317 e. The molecule has 0 atom stereocenters. The number of aromatic nitrogens is 2. The quantitative estimate of drug-likeness (QED) is 0.893. The van der Waals surface area contributed by atoms with Crippen molar-refractivity contribution in [3.8, 4) is 0 Å². The number of urea groups is 1. The highest BCUT2D eigenvalue weighted by atomic mass is 35.5. The fraction of sp³-hybridized carbons (Fsp3) is 0.583. The van der Waals surface area contributed by atoms with Gasteiger partial charge in [0, 0.05) is 25.5 Å². The molecule has 6 heteroatoms. The van der Waals surface area contributed by atoms with Gasteiger partial charge in [-0.05, 0) is 18.8 Å². The molecule has 2 rings (SSSR count). The van der Waals surface area contributed by atoms with Crippen LogP contribution in [0, 0.1) is 5.92 Å². The standard InChI is InChI=1S/C12H17ClN4O/c1-9-2-6-17(7-3-9)12(18)16-8-10-11(13)15-5-4-14-10/h4-5,9H,2-3,6-8H2,1H3,(H,16,18). The number of halogens is 1. The van der Waals surface area contributed by atoms with E-state index in [2.05, 4.69) is 22.2 Å². The van der Waals surface area contributed by atoms with Gasteiger partial charge in [-0.1, -0.05) is 18.5 Å². The van der Waals surface area contributed by atoms with Crippen LogP contribution >= 0.6 is 11.6 Å². The van der Waals surface area contributed by atoms with Crippen LogP contribution in [-0.4, -0.2) is 34.0 Å². The van der Waals surface area contributed by atoms with Gasteiger partial charge in [-0.2, -0.15) is 0 Å². The van der Waals surface area contributed by atoms with Gasteiger partial charge in [-0.3, -0.25) is 4.98 Å². The van der Waals surface area contributed by atoms with Gasteiger partial charge in [0.2, 0.25) is 0 Å². The lowest BCUT2D eigenvalue weighted by Crippen LogP contribution is -2.44. The monoisotopic (exact) mass is 268 g/mol. The molecule has 1 fully saturated rings. The van der Waals surface area contributed by atoms with Crippen molar-refractivity contribution in [2.75, 3.05) is 13.1 Å². The fourth-order valence-corrected chi connectivity index (χ4v) is 2.12. The van der Waals surface area contributed by atoms with E-state index in [4.69, 9.17) is 11.6 Å². The number of nitrogens with one attached hydrogen (secondary N) is 1. The third-order valence-corrected chi connectivity index (χ3v) is 3.52. The molecule has 1 aliphatic heterocycles. The summed E-state index contributed by atoms with van der Waals surface area (Å²) in [6.45, 7) is 4.18. The fourth-order valence-electron chi connectivity index (χ4n) is 1.95. The lowest BCUT2D eigenvalue weighted by molar-refractivity contribution is 0.173. The Bertz CT molecular complexity index is 418. The molecule has 0 aromatic carbocycles. The van der Waals surface area contributed by atoms with Gasteiger partial charge in [0.05, 0.1) is 12.2 Å². The number of hydrogen-bond acceptors (Lipinski definition) is 3. The van der Waals surface area contributed by atoms with Crippen LogP contribution in [-0.2, 0) is 6.54 Å². The molecule has 1 N–H and O–H groups in total. The van der Waals surface area contributed by atoms with E-state index in [1.165, 1.54) is 6.20 Å². The maximum absolute atomic E-state index is 11.9. The molecule has 0 spiro atoms. The SMILES string of the molecule is CC1CCN(C(=O)NCc2nccnc2Cl)CC1. The third kappa shape index (κ3) is 3.32. The van der Waals surface area contributed by atoms with Crippen LogP contribution in [0.4, 0.5) is 4.79 Å². The molecule has 1 aromatic heterocycles. The number of hydrogen-bond donors (Lipinski definition) is 1. The van der Waals surface area contributed by atoms with E-state index in [1.54, 1.807) is 6.20 Å². The lowest BCUT2D eigenvalue weighted by Gasteiger charge is -2.30. The van der Waals surface area contributed by atoms with Crippen molar-refractivity contribution >= 4 is 17.6 Å². The topological polar surface area (TPSA) is 58.1 Å². The molecule has 0 radical (unpaired) electrons. The number of rotatable bonds is 2. The van der Waals surface area contributed by atoms with Crippen molar-refractivity contribution in [1.29, 1.82) is 0 Å². The van der Waals surface area contributed by atoms with E-state index in [-0.39, 0.29) is 6.03 Å². The van der Waals surface area contributed by atoms with Crippen LogP contribution < -0.4 is 5.32 Å². The molecule has 1 saturated heterocycles. The van der Waals surface area contributed by atoms with Gasteiger partial charge in [0.25, 0.3) is 0 Å². The molecule has 1 aromatic rings. The second kappa shape index (κ2) is 6.00. The summed E-state index contributed by atoms with van der Waals surface area (Å²) in [5.74, 6) is 0.712. The molecule has 0 bridgehead atoms. The molecular weight excluding hydrogens is 252 g/mol. The second-order valence-corrected chi connectivity index (χ2v) is 4.98. The Hall–Kier alpha value is -1.36. The molecule has 5 nitrogen and oxygen atoms in total. The summed E-state index contributed by atoms with van der Waals surface area (Å²) in [6, 6.07) is -0.0522. The first kappa shape index (κ1) is 13.1. The summed E-state index contributed by atoms with van der Waals surface area (Å²) >= 11 is 5.87. The second-order valence-electron chi connectivity index (χ2n) is 4.62. The highest BCUT2D eigenvalue weighted by Crippen LogP contribution is 2.16. The van der Waals surface area contributed by atoms with E-state index in [1.807, 2.05) is 4.90 Å². The van der Waals surface area contributed by atoms with Crippen molar-refractivity contribution < 1.29 is 4.79 Å². The summed E-state index contributed by atoms with van der Waals surface area (Å²) in [4.78, 5) is 21.7. The van der Waals surface area contributed by atoms with E-state index in [9.17, 15) is 4.79 Å². The summed E-state index contributed by atoms with van der Waals surface area (Å²) in [5.41, 5.74) is 0.595. The number of piperidine rings is 1. The highest BCUT2D eigenvalue weighted by molar-refractivity contribution is 6.29. The number of nitrogens with zero attached hydrogens (tertiary/aromatic N) is 3. The Morgan fingerprint density at radius 3 is 2.78 bits per heavy atom. The van der Waals surface area contributed by atoms with Crippen molar-refractivity contribution in [3.63, 3.8) is 0 Å². The van der Waals surface area contributed by atoms with E-state index in [0.717, 1.165) is 25.9 Å². The van der Waals surface area contributed by atoms with Gasteiger partial charge >= 0.3 is 6.03 Å². The zero-order valence-electron chi connectivity index (χ0n) is 10.4. The number of likely N-dealkylation sites (tertiary alicyclic amines) is 1. The Morgan fingerprint density at radius 1 is 1.44 bits per heavy atom. The number of amides is 2. The van der Waals surface area contributed by atoms with Crippen molar-refractivity contribution in [2.24, 2.45) is 5.92 Å². The summed E-state index contributed by atoms with van der Waals surface area (Å²) in [6.07, 6.45) is 5.23. The van der Waals surface area contributed by atoms with Gasteiger partial charge in [0.1, 0.15) is 0 Å². The smallest absolute Gasteiger partial charge is 0.317 e. The van der Waals surface area contributed by atoms with Crippen molar-refractivity contribution in [2.45, 2.75) is 26.3 Å². The van der Waals surface area contributed by atoms with Gasteiger partial charge in [-0.25, -0.2) is 9.78 Å². The third-order valence-electron chi connectivity index (χ3n) is 3.20. The van der Waals surface area contributed by atoms with E-state index in [0.29, 0.717) is 23.3 Å². The van der Waals surface area contributed by atoms with Gasteiger partial charge in [-0.15, -0.1) is 0 Å². The van der Waals surface area contributed by atoms with Crippen LogP contribution in [0.3, 0.4) is 0 Å². The van der Waals surface area contributed by atoms with E-state index < -0.39 is 0 Å². The Morgan fingerprint density at radius 2 is 2.11 bits per heavy atom. The first-order chi connectivity index (χ1) is 8.66. The molecule has 0 aliphatic carbocycles. The zero-order chi connectivity index (χ0) is 13.0. The minimum absolute atomic E-state index is 0.0522. The minimum Gasteiger partial charge on any atom is -0.332 e. The van der Waals surface area contributed by atoms with Crippen LogP contribution in [0.5, 0.6) is 0 Å². The highest BCUT2D eigenvalue weighted by Gasteiger charge is 2.20. The van der Waals surface area contributed by atoms with Crippen molar-refractivity contribution in [1.82, 2.24) is 20.2 Å². The van der Waals surface area contributed by atoms with Crippen LogP contribution in [0.1, 0.15) is 25.5 Å². The Kier molecular flexibility index (Phi) is 4.36. The molecular formula is C12H17ClN4O. The molecule has 1 aliphatic rings. The molecule has 0 saturated carbocycles. The molecule has 0 unspecified atom stereocenters. The predicted octanol–water partition coefficient (Wildman–Crippen LogP) is 2.07. The largest absolute Gasteiger partial charge is 0.332 e. The summed E-state index contributed by atoms with van der Waals surface area (Å²) in [7, 11) is 0. The molecule has 18 heavy (non-hydrogen) atoms. The zero-order valence-corrected chi connectivity index (χ0v) is 11.2. The molecule has 98 valence electrons.